The third-order valence-corrected chi connectivity index (χ3v) is 0. The molecular weight excluding hydrogens is 254 g/mol. The molecule has 0 aliphatic heterocycles. The summed E-state index contributed by atoms with van der Waals surface area (Å²) in [5.41, 5.74) is 0. The van der Waals surface area contributed by atoms with Crippen molar-refractivity contribution in [3.63, 3.8) is 0 Å². The zero-order chi connectivity index (χ0) is 14.3. The Kier molecular flexibility index (Phi) is 45.0. The van der Waals surface area contributed by atoms with Gasteiger partial charge in [0.2, 0.25) is 0 Å². The third kappa shape index (κ3) is 50000. The van der Waals surface area contributed by atoms with Crippen molar-refractivity contribution >= 4 is 29.6 Å². The van der Waals surface area contributed by atoms with Gasteiger partial charge in [-0.2, -0.15) is 0 Å². The van der Waals surface area contributed by atoms with Gasteiger partial charge < -0.3 is 40.2 Å². The van der Waals surface area contributed by atoms with Crippen LogP contribution in [0.15, 0.2) is 0 Å². The van der Waals surface area contributed by atoms with Crippen LogP contribution in [0.25, 0.3) is 0 Å². The molecule has 96 valence electrons. The van der Waals surface area contributed by atoms with Crippen molar-refractivity contribution in [2.45, 2.75) is 0 Å². The predicted molar refractivity (Wildman–Crippen MR) is 45.2 cm³/mol. The molecule has 0 aromatic heterocycles. The molecule has 8 nitrogen and oxygen atoms in total. The van der Waals surface area contributed by atoms with Crippen LogP contribution in [0.3, 0.4) is 0 Å². The van der Waals surface area contributed by atoms with Crippen LogP contribution >= 0.6 is 0 Å². The van der Waals surface area contributed by atoms with Gasteiger partial charge in [0.25, 0.3) is 0 Å². The topological polar surface area (TPSA) is 162 Å². The molecule has 0 saturated carbocycles. The maximum Gasteiger partial charge on any atom is 1.00 e. The minimum Gasteiger partial charge on any atom is -0.398 e. The number of rotatable bonds is 0. The normalized spacial score (nSPS) is 6.35. The summed E-state index contributed by atoms with van der Waals surface area (Å²) >= 11 is 0. The number of halogens is 4. The first kappa shape index (κ1) is 30.4. The van der Waals surface area contributed by atoms with Crippen molar-refractivity contribution < 1.29 is 76.3 Å². The van der Waals surface area contributed by atoms with Gasteiger partial charge in [0.05, 0.1) is 0 Å². The van der Waals surface area contributed by atoms with Gasteiger partial charge in [-0.05, 0) is 0 Å². The molecule has 17 heteroatoms. The summed E-state index contributed by atoms with van der Waals surface area (Å²) in [6.07, 6.45) is 0. The molecule has 0 heterocycles. The quantitative estimate of drug-likeness (QED) is 0.158. The van der Waals surface area contributed by atoms with Gasteiger partial charge in [-0.1, -0.05) is 0 Å². The Balaban J connectivity index is -0.0000000369. The second-order valence-corrected chi connectivity index (χ2v) is 1.24. The van der Waals surface area contributed by atoms with Crippen LogP contribution < -0.4 is 18.9 Å². The molecule has 0 aromatic carbocycles. The van der Waals surface area contributed by atoms with Gasteiger partial charge in [-0.25, -0.2) is 0 Å². The van der Waals surface area contributed by atoms with Crippen LogP contribution in [0.5, 0.6) is 0 Å². The van der Waals surface area contributed by atoms with E-state index in [0.29, 0.717) is 0 Å². The van der Waals surface area contributed by atoms with Crippen molar-refractivity contribution in [2.24, 2.45) is 0 Å². The van der Waals surface area contributed by atoms with Crippen LogP contribution in [0.4, 0.5) is 17.3 Å². The molecule has 0 bridgehead atoms. The van der Waals surface area contributed by atoms with E-state index in [9.17, 15) is 17.3 Å². The summed E-state index contributed by atoms with van der Waals surface area (Å²) in [7, 11) is -10.7. The standard InChI is InChI=1S/4BFH2O2.Li/c4*2-1(3)4;/h4*3-4H;/q;;;;+1. The smallest absolute Gasteiger partial charge is 0.398 e. The van der Waals surface area contributed by atoms with E-state index >= 15 is 0 Å². The van der Waals surface area contributed by atoms with Crippen LogP contribution in [0.1, 0.15) is 0 Å². The Hall–Kier alpha value is 0.257. The van der Waals surface area contributed by atoms with Crippen LogP contribution in [0.2, 0.25) is 0 Å². The molecule has 17 heavy (non-hydrogen) atoms. The Morgan fingerprint density at radius 1 is 0.412 bits per heavy atom. The number of hydrogen-bond donors (Lipinski definition) is 8. The molecule has 0 saturated heterocycles. The van der Waals surface area contributed by atoms with Gasteiger partial charge in [0.15, 0.2) is 0 Å². The second kappa shape index (κ2) is 25.2. The van der Waals surface area contributed by atoms with E-state index in [-0.39, 0.29) is 18.9 Å². The molecule has 0 unspecified atom stereocenters. The van der Waals surface area contributed by atoms with Crippen LogP contribution in [-0.2, 0) is 0 Å². The Morgan fingerprint density at radius 3 is 0.412 bits per heavy atom. The Morgan fingerprint density at radius 2 is 0.412 bits per heavy atom. The van der Waals surface area contributed by atoms with Crippen LogP contribution in [0, 0.1) is 0 Å². The Labute approximate surface area is 106 Å². The minimum atomic E-state index is -2.67. The zero-order valence-corrected chi connectivity index (χ0v) is 8.40. The fourth-order valence-electron chi connectivity index (χ4n) is 0. The van der Waals surface area contributed by atoms with E-state index < -0.39 is 29.6 Å². The molecule has 0 amide bonds. The average molecular weight is 262 g/mol. The fourth-order valence-corrected chi connectivity index (χ4v) is 0. The monoisotopic (exact) mass is 263 g/mol. The molecule has 0 rings (SSSR count). The van der Waals surface area contributed by atoms with E-state index in [4.69, 9.17) is 40.2 Å². The molecule has 0 spiro atoms. The van der Waals surface area contributed by atoms with E-state index in [2.05, 4.69) is 0 Å². The number of hydrogen-bond acceptors (Lipinski definition) is 8. The SMILES string of the molecule is OB(O)F.OB(O)F.OB(O)F.OB(O)F.[Li+]. The van der Waals surface area contributed by atoms with Gasteiger partial charge in [0, 0.05) is 0 Å². The summed E-state index contributed by atoms with van der Waals surface area (Å²) in [4.78, 5) is 0. The molecule has 0 aliphatic carbocycles. The van der Waals surface area contributed by atoms with Gasteiger partial charge in [-0.3, -0.25) is 17.3 Å². The summed E-state index contributed by atoms with van der Waals surface area (Å²) in [5, 5.41) is 55.6. The van der Waals surface area contributed by atoms with Crippen molar-refractivity contribution in [2.75, 3.05) is 0 Å². The van der Waals surface area contributed by atoms with Crippen molar-refractivity contribution in [3.8, 4) is 0 Å². The third-order valence-electron chi connectivity index (χ3n) is 0. The van der Waals surface area contributed by atoms with Gasteiger partial charge in [0.1, 0.15) is 0 Å². The molecule has 8 N–H and O–H groups in total. The summed E-state index contributed by atoms with van der Waals surface area (Å²) in [5.74, 6) is 0. The van der Waals surface area contributed by atoms with E-state index in [1.165, 1.54) is 0 Å². The zero-order valence-electron chi connectivity index (χ0n) is 8.40. The first-order valence-corrected chi connectivity index (χ1v) is 2.94. The maximum atomic E-state index is 10.1. The van der Waals surface area contributed by atoms with Crippen molar-refractivity contribution in [3.05, 3.63) is 0 Å². The molecule has 0 aromatic rings. The van der Waals surface area contributed by atoms with E-state index in [0.717, 1.165) is 0 Å². The molecule has 0 radical (unpaired) electrons. The Bertz CT molecular complexity index is 72.5. The average Bonchev–Trinajstić information content (AvgIpc) is 1.76. The van der Waals surface area contributed by atoms with E-state index in [1.54, 1.807) is 0 Å². The maximum absolute atomic E-state index is 10.1. The largest absolute Gasteiger partial charge is 1.00 e. The van der Waals surface area contributed by atoms with Gasteiger partial charge >= 0.3 is 48.4 Å². The van der Waals surface area contributed by atoms with Crippen molar-refractivity contribution in [1.29, 1.82) is 0 Å². The summed E-state index contributed by atoms with van der Waals surface area (Å²) in [6, 6.07) is 0. The van der Waals surface area contributed by atoms with E-state index in [1.807, 2.05) is 0 Å². The predicted octanol–water partition coefficient (Wildman–Crippen LogP) is -7.29. The second-order valence-electron chi connectivity index (χ2n) is 1.24. The fraction of sp³-hybridized carbons (Fsp3) is 0. The van der Waals surface area contributed by atoms with Crippen LogP contribution in [-0.4, -0.2) is 69.8 Å². The molecule has 0 aliphatic rings. The summed E-state index contributed by atoms with van der Waals surface area (Å²) < 4.78 is 40.4. The van der Waals surface area contributed by atoms with Gasteiger partial charge in [-0.15, -0.1) is 0 Å². The summed E-state index contributed by atoms with van der Waals surface area (Å²) in [6.45, 7) is 0. The van der Waals surface area contributed by atoms with Crippen molar-refractivity contribution in [1.82, 2.24) is 0 Å². The molecular formula is H8B4F4LiO8+. The first-order chi connectivity index (χ1) is 6.93. The first-order valence-electron chi connectivity index (χ1n) is 2.94. The minimum absolute atomic E-state index is 0. The molecule has 0 fully saturated rings. The molecule has 0 atom stereocenters.